The summed E-state index contributed by atoms with van der Waals surface area (Å²) in [6, 6.07) is 4.25. The number of benzene rings is 1. The second kappa shape index (κ2) is 5.07. The lowest BCUT2D eigenvalue weighted by Crippen LogP contribution is -2.04. The van der Waals surface area contributed by atoms with Crippen LogP contribution in [-0.2, 0) is 10.1 Å². The van der Waals surface area contributed by atoms with Crippen molar-refractivity contribution < 1.29 is 13.0 Å². The molecule has 20 heavy (non-hydrogen) atoms. The normalized spacial score (nSPS) is 11.3. The van der Waals surface area contributed by atoms with E-state index in [0.717, 1.165) is 6.07 Å². The van der Waals surface area contributed by atoms with Crippen LogP contribution in [0.15, 0.2) is 23.2 Å². The van der Waals surface area contributed by atoms with Crippen molar-refractivity contribution in [3.05, 3.63) is 39.6 Å². The molecule has 104 valence electrons. The molecule has 1 aromatic heterocycles. The van der Waals surface area contributed by atoms with Gasteiger partial charge in [-0.25, -0.2) is 4.68 Å². The Labute approximate surface area is 124 Å². The molecule has 0 aliphatic carbocycles. The highest BCUT2D eigenvalue weighted by atomic mass is 35.5. The van der Waals surface area contributed by atoms with E-state index in [1.165, 1.54) is 16.9 Å². The smallest absolute Gasteiger partial charge is 0.282 e. The number of rotatable bonds is 2. The maximum atomic E-state index is 11.1. The summed E-state index contributed by atoms with van der Waals surface area (Å²) in [5, 5.41) is 12.7. The van der Waals surface area contributed by atoms with Crippen LogP contribution in [0, 0.1) is 18.3 Å². The van der Waals surface area contributed by atoms with Gasteiger partial charge in [-0.2, -0.15) is 18.8 Å². The molecule has 9 heteroatoms. The van der Waals surface area contributed by atoms with Crippen LogP contribution in [0.25, 0.3) is 5.69 Å². The zero-order chi connectivity index (χ0) is 15.1. The van der Waals surface area contributed by atoms with E-state index in [-0.39, 0.29) is 10.0 Å². The van der Waals surface area contributed by atoms with Crippen molar-refractivity contribution in [1.82, 2.24) is 9.78 Å². The van der Waals surface area contributed by atoms with Gasteiger partial charge in [0.2, 0.25) is 0 Å². The summed E-state index contributed by atoms with van der Waals surface area (Å²) < 4.78 is 32.6. The van der Waals surface area contributed by atoms with Crippen molar-refractivity contribution in [3.8, 4) is 11.8 Å². The molecule has 0 saturated carbocycles. The summed E-state index contributed by atoms with van der Waals surface area (Å²) in [4.78, 5) is -0.488. The number of halogens is 2. The molecule has 0 fully saturated rings. The summed E-state index contributed by atoms with van der Waals surface area (Å²) in [7, 11) is -4.46. The van der Waals surface area contributed by atoms with Crippen LogP contribution in [0.5, 0.6) is 0 Å². The van der Waals surface area contributed by atoms with Crippen molar-refractivity contribution in [2.24, 2.45) is 0 Å². The van der Waals surface area contributed by atoms with E-state index in [4.69, 9.17) is 33.0 Å². The van der Waals surface area contributed by atoms with E-state index in [1.807, 2.05) is 6.07 Å². The van der Waals surface area contributed by atoms with Gasteiger partial charge in [0.05, 0.1) is 33.2 Å². The molecular formula is C11H7Cl2N3O3S. The number of aromatic nitrogens is 2. The van der Waals surface area contributed by atoms with Gasteiger partial charge in [0.1, 0.15) is 11.0 Å². The number of hydrogen-bond acceptors (Lipinski definition) is 4. The molecule has 0 radical (unpaired) electrons. The monoisotopic (exact) mass is 331 g/mol. The van der Waals surface area contributed by atoms with Crippen LogP contribution < -0.4 is 0 Å². The minimum atomic E-state index is -4.46. The standard InChI is InChI=1S/C11H7Cl2N3O3S/c1-6-7(4-14)5-15-16(6)10-2-9(13)11(3-8(10)12)20(17,18)19/h2-3,5H,1H3,(H,17,18,19). The quantitative estimate of drug-likeness (QED) is 0.853. The summed E-state index contributed by atoms with van der Waals surface area (Å²) in [5.41, 5.74) is 1.20. The Morgan fingerprint density at radius 3 is 2.50 bits per heavy atom. The molecule has 0 saturated heterocycles. The lowest BCUT2D eigenvalue weighted by molar-refractivity contribution is 0.483. The fraction of sp³-hybridized carbons (Fsp3) is 0.0909. The van der Waals surface area contributed by atoms with E-state index in [2.05, 4.69) is 5.10 Å². The van der Waals surface area contributed by atoms with Crippen LogP contribution in [0.2, 0.25) is 10.0 Å². The van der Waals surface area contributed by atoms with Gasteiger partial charge < -0.3 is 0 Å². The lowest BCUT2D eigenvalue weighted by Gasteiger charge is -2.09. The number of nitriles is 1. The van der Waals surface area contributed by atoms with E-state index in [9.17, 15) is 8.42 Å². The largest absolute Gasteiger partial charge is 0.296 e. The molecule has 0 atom stereocenters. The summed E-state index contributed by atoms with van der Waals surface area (Å²) in [6.07, 6.45) is 1.36. The Morgan fingerprint density at radius 2 is 2.00 bits per heavy atom. The van der Waals surface area contributed by atoms with Gasteiger partial charge in [0.25, 0.3) is 10.1 Å². The third-order valence-electron chi connectivity index (χ3n) is 2.64. The van der Waals surface area contributed by atoms with Crippen LogP contribution in [0.3, 0.4) is 0 Å². The molecule has 0 spiro atoms. The fourth-order valence-corrected chi connectivity index (χ4v) is 2.97. The van der Waals surface area contributed by atoms with Gasteiger partial charge >= 0.3 is 0 Å². The molecule has 6 nitrogen and oxygen atoms in total. The van der Waals surface area contributed by atoms with Gasteiger partial charge in [0, 0.05) is 0 Å². The Kier molecular flexibility index (Phi) is 3.75. The molecule has 2 aromatic rings. The average molecular weight is 332 g/mol. The highest BCUT2D eigenvalue weighted by Gasteiger charge is 2.19. The van der Waals surface area contributed by atoms with Crippen molar-refractivity contribution in [2.75, 3.05) is 0 Å². The molecule has 2 rings (SSSR count). The average Bonchev–Trinajstić information content (AvgIpc) is 2.71. The molecule has 1 N–H and O–H groups in total. The summed E-state index contributed by atoms with van der Waals surface area (Å²) >= 11 is 11.8. The SMILES string of the molecule is Cc1c(C#N)cnn1-c1cc(Cl)c(S(=O)(=O)O)cc1Cl. The second-order valence-corrected chi connectivity index (χ2v) is 6.08. The maximum Gasteiger partial charge on any atom is 0.296 e. The van der Waals surface area contributed by atoms with Crippen molar-refractivity contribution in [1.29, 1.82) is 5.26 Å². The molecule has 1 aromatic carbocycles. The van der Waals surface area contributed by atoms with Gasteiger partial charge in [-0.3, -0.25) is 4.55 Å². The van der Waals surface area contributed by atoms with Crippen LogP contribution >= 0.6 is 23.2 Å². The first kappa shape index (κ1) is 14.8. The molecular weight excluding hydrogens is 325 g/mol. The van der Waals surface area contributed by atoms with E-state index < -0.39 is 15.0 Å². The second-order valence-electron chi connectivity index (χ2n) is 3.88. The molecule has 0 bridgehead atoms. The van der Waals surface area contributed by atoms with Crippen molar-refractivity contribution >= 4 is 33.3 Å². The first-order valence-corrected chi connectivity index (χ1v) is 7.37. The molecule has 0 aliphatic rings. The molecule has 0 amide bonds. The minimum Gasteiger partial charge on any atom is -0.282 e. The Morgan fingerprint density at radius 1 is 1.35 bits per heavy atom. The van der Waals surface area contributed by atoms with Crippen LogP contribution in [0.1, 0.15) is 11.3 Å². The summed E-state index contributed by atoms with van der Waals surface area (Å²) in [5.74, 6) is 0. The van der Waals surface area contributed by atoms with Crippen LogP contribution in [-0.4, -0.2) is 22.8 Å². The molecule has 1 heterocycles. The third-order valence-corrected chi connectivity index (χ3v) is 4.26. The van der Waals surface area contributed by atoms with Gasteiger partial charge in [-0.1, -0.05) is 23.2 Å². The Balaban J connectivity index is 2.69. The molecule has 0 aliphatic heterocycles. The zero-order valence-electron chi connectivity index (χ0n) is 10.0. The minimum absolute atomic E-state index is 0.0257. The lowest BCUT2D eigenvalue weighted by atomic mass is 10.2. The van der Waals surface area contributed by atoms with Gasteiger partial charge in [-0.15, -0.1) is 0 Å². The third kappa shape index (κ3) is 2.51. The number of hydrogen-bond donors (Lipinski definition) is 1. The van der Waals surface area contributed by atoms with E-state index >= 15 is 0 Å². The fourth-order valence-electron chi connectivity index (χ4n) is 1.64. The van der Waals surface area contributed by atoms with Crippen molar-refractivity contribution in [2.45, 2.75) is 11.8 Å². The Bertz CT molecular complexity index is 837. The number of nitrogens with zero attached hydrogens (tertiary/aromatic N) is 3. The van der Waals surface area contributed by atoms with E-state index in [1.54, 1.807) is 6.92 Å². The maximum absolute atomic E-state index is 11.1. The summed E-state index contributed by atoms with van der Waals surface area (Å²) in [6.45, 7) is 1.66. The topological polar surface area (TPSA) is 96.0 Å². The predicted molar refractivity (Wildman–Crippen MR) is 72.9 cm³/mol. The van der Waals surface area contributed by atoms with E-state index in [0.29, 0.717) is 16.9 Å². The van der Waals surface area contributed by atoms with Crippen LogP contribution in [0.4, 0.5) is 0 Å². The first-order chi connectivity index (χ1) is 9.25. The predicted octanol–water partition coefficient (Wildman–Crippen LogP) is 2.61. The van der Waals surface area contributed by atoms with Gasteiger partial charge in [0.15, 0.2) is 0 Å². The van der Waals surface area contributed by atoms with Crippen molar-refractivity contribution in [3.63, 3.8) is 0 Å². The first-order valence-electron chi connectivity index (χ1n) is 5.17. The van der Waals surface area contributed by atoms with Gasteiger partial charge in [-0.05, 0) is 19.1 Å². The zero-order valence-corrected chi connectivity index (χ0v) is 12.3. The highest BCUT2D eigenvalue weighted by Crippen LogP contribution is 2.31. The molecule has 0 unspecified atom stereocenters. The highest BCUT2D eigenvalue weighted by molar-refractivity contribution is 7.86. The Hall–Kier alpha value is -1.59.